The zero-order valence-electron chi connectivity index (χ0n) is 12.9. The van der Waals surface area contributed by atoms with E-state index in [2.05, 4.69) is 0 Å². The lowest BCUT2D eigenvalue weighted by Gasteiger charge is -2.41. The topological polar surface area (TPSA) is 69.7 Å². The van der Waals surface area contributed by atoms with Crippen LogP contribution in [0.4, 0.5) is 0 Å². The van der Waals surface area contributed by atoms with Crippen molar-refractivity contribution in [2.24, 2.45) is 0 Å². The number of ether oxygens (including phenoxy) is 1. The van der Waals surface area contributed by atoms with Gasteiger partial charge in [0.25, 0.3) is 5.91 Å². The highest BCUT2D eigenvalue weighted by Gasteiger charge is 2.39. The number of nitrogens with zero attached hydrogens (tertiary/aromatic N) is 1. The first kappa shape index (κ1) is 15.1. The molecule has 0 aromatic heterocycles. The minimum absolute atomic E-state index is 0.195. The molecule has 1 heterocycles. The predicted octanol–water partition coefficient (Wildman–Crippen LogP) is 1.36. The van der Waals surface area contributed by atoms with Crippen molar-refractivity contribution in [2.75, 3.05) is 14.2 Å². The third kappa shape index (κ3) is 2.44. The van der Waals surface area contributed by atoms with Crippen LogP contribution in [0.1, 0.15) is 33.4 Å². The van der Waals surface area contributed by atoms with E-state index in [1.165, 1.54) is 4.90 Å². The van der Waals surface area contributed by atoms with Gasteiger partial charge in [0, 0.05) is 18.5 Å². The summed E-state index contributed by atoms with van der Waals surface area (Å²) in [5, 5.41) is 11.8. The summed E-state index contributed by atoms with van der Waals surface area (Å²) in [7, 11) is 3.18. The summed E-state index contributed by atoms with van der Waals surface area (Å²) < 4.78 is 5.13. The van der Waals surface area contributed by atoms with E-state index in [4.69, 9.17) is 4.74 Å². The number of aliphatic carboxylic acids is 1. The van der Waals surface area contributed by atoms with Gasteiger partial charge in [-0.3, -0.25) is 4.79 Å². The molecule has 3 rings (SSSR count). The molecule has 0 radical (unpaired) electrons. The minimum atomic E-state index is -1.20. The summed E-state index contributed by atoms with van der Waals surface area (Å²) in [6, 6.07) is 13.2. The van der Waals surface area contributed by atoms with Gasteiger partial charge in [0.15, 0.2) is 0 Å². The van der Waals surface area contributed by atoms with Crippen molar-refractivity contribution in [2.45, 2.75) is 12.0 Å². The van der Waals surface area contributed by atoms with Gasteiger partial charge in [-0.05, 0) is 29.3 Å². The lowest BCUT2D eigenvalue weighted by molar-refractivity contribution is -0.309. The number of amides is 1. The molecule has 0 saturated heterocycles. The van der Waals surface area contributed by atoms with Gasteiger partial charge in [0.2, 0.25) is 0 Å². The van der Waals surface area contributed by atoms with E-state index >= 15 is 0 Å². The number of carbonyl (C=O) groups excluding carboxylic acids is 2. The van der Waals surface area contributed by atoms with Crippen LogP contribution < -0.4 is 9.84 Å². The summed E-state index contributed by atoms with van der Waals surface area (Å²) in [5.41, 5.74) is 1.63. The molecule has 2 unspecified atom stereocenters. The molecular weight excluding hydrogens is 294 g/mol. The molecule has 0 aliphatic carbocycles. The van der Waals surface area contributed by atoms with Gasteiger partial charge in [0.1, 0.15) is 5.75 Å². The first-order valence-electron chi connectivity index (χ1n) is 7.25. The lowest BCUT2D eigenvalue weighted by atomic mass is 9.80. The SMILES string of the molecule is COc1ccc(C2C(C(=O)[O-])c3ccccc3C(=O)N2C)cc1. The smallest absolute Gasteiger partial charge is 0.254 e. The van der Waals surface area contributed by atoms with Gasteiger partial charge < -0.3 is 19.5 Å². The van der Waals surface area contributed by atoms with Crippen LogP contribution in [0.5, 0.6) is 5.75 Å². The second-order valence-electron chi connectivity index (χ2n) is 5.52. The van der Waals surface area contributed by atoms with Crippen LogP contribution in [0, 0.1) is 0 Å². The van der Waals surface area contributed by atoms with E-state index in [1.54, 1.807) is 62.7 Å². The third-order valence-electron chi connectivity index (χ3n) is 4.29. The van der Waals surface area contributed by atoms with Gasteiger partial charge in [-0.25, -0.2) is 0 Å². The highest BCUT2D eigenvalue weighted by atomic mass is 16.5. The monoisotopic (exact) mass is 310 g/mol. The van der Waals surface area contributed by atoms with Crippen LogP contribution in [-0.4, -0.2) is 30.9 Å². The Morgan fingerprint density at radius 2 is 1.78 bits per heavy atom. The Balaban J connectivity index is 2.14. The van der Waals surface area contributed by atoms with Crippen LogP contribution >= 0.6 is 0 Å². The fourth-order valence-corrected chi connectivity index (χ4v) is 3.15. The van der Waals surface area contributed by atoms with Gasteiger partial charge in [0.05, 0.1) is 19.1 Å². The molecule has 2 aromatic carbocycles. The maximum atomic E-state index is 12.6. The number of carboxylic acids is 1. The number of fused-ring (bicyclic) bond motifs is 1. The fourth-order valence-electron chi connectivity index (χ4n) is 3.15. The highest BCUT2D eigenvalue weighted by Crippen LogP contribution is 2.41. The number of carboxylic acid groups (broad SMARTS) is 1. The molecule has 1 aliphatic heterocycles. The maximum absolute atomic E-state index is 12.6. The number of rotatable bonds is 3. The van der Waals surface area contributed by atoms with Crippen molar-refractivity contribution in [3.8, 4) is 5.75 Å². The van der Waals surface area contributed by atoms with E-state index in [0.29, 0.717) is 16.9 Å². The van der Waals surface area contributed by atoms with Crippen LogP contribution in [0.25, 0.3) is 0 Å². The molecule has 2 atom stereocenters. The first-order valence-corrected chi connectivity index (χ1v) is 7.25. The van der Waals surface area contributed by atoms with Gasteiger partial charge in [-0.1, -0.05) is 30.3 Å². The number of likely N-dealkylation sites (N-methyl/N-ethyl adjacent to an activating group) is 1. The average molecular weight is 310 g/mol. The molecule has 118 valence electrons. The molecule has 1 amide bonds. The molecule has 23 heavy (non-hydrogen) atoms. The zero-order valence-corrected chi connectivity index (χ0v) is 12.9. The average Bonchev–Trinajstić information content (AvgIpc) is 2.57. The van der Waals surface area contributed by atoms with Gasteiger partial charge >= 0.3 is 0 Å². The number of carbonyl (C=O) groups is 2. The first-order chi connectivity index (χ1) is 11.0. The number of methoxy groups -OCH3 is 1. The van der Waals surface area contributed by atoms with Crippen molar-refractivity contribution in [3.05, 3.63) is 65.2 Å². The van der Waals surface area contributed by atoms with Crippen molar-refractivity contribution >= 4 is 11.9 Å². The Labute approximate surface area is 134 Å². The molecule has 1 aliphatic rings. The Morgan fingerprint density at radius 3 is 2.39 bits per heavy atom. The van der Waals surface area contributed by atoms with Crippen LogP contribution in [0.3, 0.4) is 0 Å². The Bertz CT molecular complexity index is 754. The van der Waals surface area contributed by atoms with Crippen LogP contribution in [0.2, 0.25) is 0 Å². The molecule has 0 spiro atoms. The molecule has 0 saturated carbocycles. The largest absolute Gasteiger partial charge is 0.549 e. The van der Waals surface area contributed by atoms with E-state index in [1.807, 2.05) is 0 Å². The second-order valence-corrected chi connectivity index (χ2v) is 5.52. The number of hydrogen-bond acceptors (Lipinski definition) is 4. The summed E-state index contributed by atoms with van der Waals surface area (Å²) in [4.78, 5) is 25.8. The van der Waals surface area contributed by atoms with Crippen LogP contribution in [0.15, 0.2) is 48.5 Å². The van der Waals surface area contributed by atoms with Crippen LogP contribution in [-0.2, 0) is 4.79 Å². The molecule has 0 fully saturated rings. The Morgan fingerprint density at radius 1 is 1.13 bits per heavy atom. The summed E-state index contributed by atoms with van der Waals surface area (Å²) >= 11 is 0. The standard InChI is InChI=1S/C18H17NO4/c1-19-16(11-7-9-12(23-2)10-8-11)15(18(21)22)13-5-3-4-6-14(13)17(19)20/h3-10,15-16H,1-2H3,(H,21,22)/p-1. The normalized spacial score (nSPS) is 20.1. The molecule has 5 nitrogen and oxygen atoms in total. The lowest BCUT2D eigenvalue weighted by Crippen LogP contribution is -2.46. The number of hydrogen-bond donors (Lipinski definition) is 0. The predicted molar refractivity (Wildman–Crippen MR) is 82.0 cm³/mol. The van der Waals surface area contributed by atoms with Gasteiger partial charge in [-0.2, -0.15) is 0 Å². The Kier molecular flexibility index (Phi) is 3.78. The molecule has 5 heteroatoms. The van der Waals surface area contributed by atoms with E-state index in [9.17, 15) is 14.7 Å². The second kappa shape index (κ2) is 5.76. The van der Waals surface area contributed by atoms with E-state index in [0.717, 1.165) is 5.56 Å². The molecule has 2 aromatic rings. The highest BCUT2D eigenvalue weighted by molar-refractivity contribution is 6.00. The van der Waals surface area contributed by atoms with Crippen molar-refractivity contribution < 1.29 is 19.4 Å². The third-order valence-corrected chi connectivity index (χ3v) is 4.29. The minimum Gasteiger partial charge on any atom is -0.549 e. The molecular formula is C18H16NO4-. The quantitative estimate of drug-likeness (QED) is 0.858. The summed E-state index contributed by atoms with van der Waals surface area (Å²) in [6.45, 7) is 0. The summed E-state index contributed by atoms with van der Waals surface area (Å²) in [6.07, 6.45) is 0. The van der Waals surface area contributed by atoms with E-state index < -0.39 is 17.9 Å². The fraction of sp³-hybridized carbons (Fsp3) is 0.222. The van der Waals surface area contributed by atoms with E-state index in [-0.39, 0.29) is 5.91 Å². The molecule has 0 N–H and O–H groups in total. The van der Waals surface area contributed by atoms with Crippen molar-refractivity contribution in [1.29, 1.82) is 0 Å². The van der Waals surface area contributed by atoms with Crippen molar-refractivity contribution in [1.82, 2.24) is 4.90 Å². The molecule has 0 bridgehead atoms. The Hall–Kier alpha value is -2.82. The number of benzene rings is 2. The summed E-state index contributed by atoms with van der Waals surface area (Å²) in [5.74, 6) is -1.64. The van der Waals surface area contributed by atoms with Gasteiger partial charge in [-0.15, -0.1) is 0 Å². The van der Waals surface area contributed by atoms with Crippen molar-refractivity contribution in [3.63, 3.8) is 0 Å². The zero-order chi connectivity index (χ0) is 16.6. The maximum Gasteiger partial charge on any atom is 0.254 e.